The van der Waals surface area contributed by atoms with Gasteiger partial charge in [-0.3, -0.25) is 14.5 Å². The molecule has 1 atom stereocenters. The molecular weight excluding hydrogens is 266 g/mol. The molecule has 0 aliphatic carbocycles. The Morgan fingerprint density at radius 3 is 2.19 bits per heavy atom. The van der Waals surface area contributed by atoms with Crippen LogP contribution in [0.1, 0.15) is 53.9 Å². The fourth-order valence-corrected chi connectivity index (χ4v) is 2.78. The highest BCUT2D eigenvalue weighted by atomic mass is 16.2. The quantitative estimate of drug-likeness (QED) is 0.781. The fourth-order valence-electron chi connectivity index (χ4n) is 2.78. The molecule has 0 saturated carbocycles. The Morgan fingerprint density at radius 2 is 1.71 bits per heavy atom. The molecule has 5 heteroatoms. The number of nitrogens with one attached hydrogen (secondary N) is 2. The standard InChI is InChI=1S/C16H31N3O2/c1-12(2)14(18-13(3)20)15(21)17-11-16(4,5)19-9-7-6-8-10-19/h12,14H,6-11H2,1-5H3,(H,17,21)(H,18,20). The van der Waals surface area contributed by atoms with Gasteiger partial charge in [-0.25, -0.2) is 0 Å². The lowest BCUT2D eigenvalue weighted by atomic mass is 9.97. The van der Waals surface area contributed by atoms with Gasteiger partial charge in [-0.2, -0.15) is 0 Å². The average Bonchev–Trinajstić information content (AvgIpc) is 2.43. The third kappa shape index (κ3) is 5.65. The van der Waals surface area contributed by atoms with Gasteiger partial charge in [-0.1, -0.05) is 20.3 Å². The van der Waals surface area contributed by atoms with E-state index in [0.29, 0.717) is 6.54 Å². The number of hydrogen-bond acceptors (Lipinski definition) is 3. The Bertz CT molecular complexity index is 361. The third-order valence-corrected chi connectivity index (χ3v) is 4.22. The second kappa shape index (κ2) is 7.78. The minimum absolute atomic E-state index is 0.0478. The summed E-state index contributed by atoms with van der Waals surface area (Å²) in [4.78, 5) is 26.0. The predicted molar refractivity (Wildman–Crippen MR) is 85.0 cm³/mol. The van der Waals surface area contributed by atoms with Crippen molar-refractivity contribution in [3.8, 4) is 0 Å². The van der Waals surface area contributed by atoms with E-state index < -0.39 is 6.04 Å². The molecule has 1 rings (SSSR count). The van der Waals surface area contributed by atoms with E-state index in [1.54, 1.807) is 0 Å². The van der Waals surface area contributed by atoms with Crippen molar-refractivity contribution in [3.63, 3.8) is 0 Å². The van der Waals surface area contributed by atoms with Gasteiger partial charge in [0.15, 0.2) is 0 Å². The second-order valence-corrected chi connectivity index (χ2v) is 7.00. The first-order chi connectivity index (χ1) is 9.74. The van der Waals surface area contributed by atoms with Crippen molar-refractivity contribution in [1.82, 2.24) is 15.5 Å². The van der Waals surface area contributed by atoms with Crippen LogP contribution in [0.15, 0.2) is 0 Å². The Balaban J connectivity index is 2.54. The summed E-state index contributed by atoms with van der Waals surface area (Å²) in [5.41, 5.74) is -0.0478. The minimum Gasteiger partial charge on any atom is -0.352 e. The van der Waals surface area contributed by atoms with Crippen LogP contribution in [0.25, 0.3) is 0 Å². The van der Waals surface area contributed by atoms with E-state index in [1.807, 2.05) is 13.8 Å². The number of carbonyl (C=O) groups is 2. The van der Waals surface area contributed by atoms with Crippen LogP contribution in [0.4, 0.5) is 0 Å². The first-order valence-corrected chi connectivity index (χ1v) is 8.04. The molecule has 1 aliphatic rings. The van der Waals surface area contributed by atoms with Crippen LogP contribution >= 0.6 is 0 Å². The number of piperidine rings is 1. The van der Waals surface area contributed by atoms with E-state index in [4.69, 9.17) is 0 Å². The smallest absolute Gasteiger partial charge is 0.242 e. The van der Waals surface area contributed by atoms with Crippen LogP contribution in [-0.2, 0) is 9.59 Å². The molecule has 1 saturated heterocycles. The minimum atomic E-state index is -0.459. The van der Waals surface area contributed by atoms with Crippen LogP contribution in [-0.4, -0.2) is 47.9 Å². The van der Waals surface area contributed by atoms with Crippen LogP contribution < -0.4 is 10.6 Å². The summed E-state index contributed by atoms with van der Waals surface area (Å²) in [5.74, 6) is -0.184. The molecule has 0 aromatic rings. The van der Waals surface area contributed by atoms with E-state index in [0.717, 1.165) is 13.1 Å². The lowest BCUT2D eigenvalue weighted by Gasteiger charge is -2.41. The predicted octanol–water partition coefficient (Wildman–Crippen LogP) is 1.53. The van der Waals surface area contributed by atoms with Gasteiger partial charge in [0.1, 0.15) is 6.04 Å². The van der Waals surface area contributed by atoms with E-state index in [-0.39, 0.29) is 23.3 Å². The lowest BCUT2D eigenvalue weighted by Crippen LogP contribution is -2.56. The highest BCUT2D eigenvalue weighted by Crippen LogP contribution is 2.19. The van der Waals surface area contributed by atoms with Gasteiger partial charge in [0.25, 0.3) is 0 Å². The van der Waals surface area contributed by atoms with Crippen molar-refractivity contribution in [2.75, 3.05) is 19.6 Å². The molecule has 21 heavy (non-hydrogen) atoms. The van der Waals surface area contributed by atoms with Gasteiger partial charge in [-0.15, -0.1) is 0 Å². The molecule has 0 bridgehead atoms. The lowest BCUT2D eigenvalue weighted by molar-refractivity contribution is -0.129. The molecule has 2 amide bonds. The molecule has 1 fully saturated rings. The maximum Gasteiger partial charge on any atom is 0.242 e. The van der Waals surface area contributed by atoms with Crippen LogP contribution in [0.5, 0.6) is 0 Å². The maximum absolute atomic E-state index is 12.3. The van der Waals surface area contributed by atoms with E-state index in [9.17, 15) is 9.59 Å². The summed E-state index contributed by atoms with van der Waals surface area (Å²) in [6.45, 7) is 12.5. The summed E-state index contributed by atoms with van der Waals surface area (Å²) in [6.07, 6.45) is 3.77. The molecule has 1 unspecified atom stereocenters. The molecule has 122 valence electrons. The number of nitrogens with zero attached hydrogens (tertiary/aromatic N) is 1. The summed E-state index contributed by atoms with van der Waals surface area (Å²) in [5, 5.41) is 5.74. The number of carbonyl (C=O) groups excluding carboxylic acids is 2. The van der Waals surface area contributed by atoms with Crippen molar-refractivity contribution >= 4 is 11.8 Å². The molecule has 0 aromatic heterocycles. The number of hydrogen-bond donors (Lipinski definition) is 2. The molecule has 1 heterocycles. The summed E-state index contributed by atoms with van der Waals surface area (Å²) < 4.78 is 0. The van der Waals surface area contributed by atoms with E-state index >= 15 is 0 Å². The van der Waals surface area contributed by atoms with E-state index in [1.165, 1.54) is 26.2 Å². The number of likely N-dealkylation sites (tertiary alicyclic amines) is 1. The number of amides is 2. The highest BCUT2D eigenvalue weighted by Gasteiger charge is 2.30. The van der Waals surface area contributed by atoms with Gasteiger partial charge >= 0.3 is 0 Å². The van der Waals surface area contributed by atoms with Crippen molar-refractivity contribution in [1.29, 1.82) is 0 Å². The number of rotatable bonds is 6. The van der Waals surface area contributed by atoms with Gasteiger partial charge in [-0.05, 0) is 45.7 Å². The van der Waals surface area contributed by atoms with Gasteiger partial charge in [0.2, 0.25) is 11.8 Å². The van der Waals surface area contributed by atoms with Crippen molar-refractivity contribution in [2.24, 2.45) is 5.92 Å². The fraction of sp³-hybridized carbons (Fsp3) is 0.875. The Labute approximate surface area is 128 Å². The van der Waals surface area contributed by atoms with Crippen molar-refractivity contribution < 1.29 is 9.59 Å². The Morgan fingerprint density at radius 1 is 1.14 bits per heavy atom. The molecule has 0 spiro atoms. The topological polar surface area (TPSA) is 61.4 Å². The molecule has 0 aromatic carbocycles. The van der Waals surface area contributed by atoms with E-state index in [2.05, 4.69) is 29.4 Å². The Hall–Kier alpha value is -1.10. The van der Waals surface area contributed by atoms with Crippen molar-refractivity contribution in [3.05, 3.63) is 0 Å². The SMILES string of the molecule is CC(=O)NC(C(=O)NCC(C)(C)N1CCCCC1)C(C)C. The second-order valence-electron chi connectivity index (χ2n) is 7.00. The van der Waals surface area contributed by atoms with Crippen LogP contribution in [0.3, 0.4) is 0 Å². The molecule has 2 N–H and O–H groups in total. The first-order valence-electron chi connectivity index (χ1n) is 8.04. The summed E-state index contributed by atoms with van der Waals surface area (Å²) in [6, 6.07) is -0.459. The third-order valence-electron chi connectivity index (χ3n) is 4.22. The largest absolute Gasteiger partial charge is 0.352 e. The maximum atomic E-state index is 12.3. The zero-order valence-corrected chi connectivity index (χ0v) is 14.2. The Kier molecular flexibility index (Phi) is 6.65. The molecule has 5 nitrogen and oxygen atoms in total. The van der Waals surface area contributed by atoms with Gasteiger partial charge < -0.3 is 10.6 Å². The highest BCUT2D eigenvalue weighted by molar-refractivity contribution is 5.87. The van der Waals surface area contributed by atoms with Crippen LogP contribution in [0, 0.1) is 5.92 Å². The molecular formula is C16H31N3O2. The zero-order valence-electron chi connectivity index (χ0n) is 14.2. The first kappa shape index (κ1) is 18.0. The summed E-state index contributed by atoms with van der Waals surface area (Å²) >= 11 is 0. The average molecular weight is 297 g/mol. The van der Waals surface area contributed by atoms with Gasteiger partial charge in [0, 0.05) is 19.0 Å². The zero-order chi connectivity index (χ0) is 16.0. The monoisotopic (exact) mass is 297 g/mol. The summed E-state index contributed by atoms with van der Waals surface area (Å²) in [7, 11) is 0. The molecule has 1 aliphatic heterocycles. The van der Waals surface area contributed by atoms with Gasteiger partial charge in [0.05, 0.1) is 0 Å². The van der Waals surface area contributed by atoms with Crippen molar-refractivity contribution in [2.45, 2.75) is 65.5 Å². The molecule has 0 radical (unpaired) electrons. The van der Waals surface area contributed by atoms with Crippen LogP contribution in [0.2, 0.25) is 0 Å². The normalized spacial score (nSPS) is 18.4.